The Hall–Kier alpha value is -0.990. The highest BCUT2D eigenvalue weighted by atomic mass is 16.6. The predicted octanol–water partition coefficient (Wildman–Crippen LogP) is 3.21. The molecule has 1 aliphatic carbocycles. The number of hydrogen-bond donors (Lipinski definition) is 0. The van der Waals surface area contributed by atoms with Crippen molar-refractivity contribution in [3.8, 4) is 0 Å². The minimum atomic E-state index is -0.138. The Balaban J connectivity index is 1.80. The van der Waals surface area contributed by atoms with Crippen LogP contribution in [0.2, 0.25) is 0 Å². The summed E-state index contributed by atoms with van der Waals surface area (Å²) in [5.74, 6) is 0.643. The molecule has 0 radical (unpaired) electrons. The van der Waals surface area contributed by atoms with Crippen molar-refractivity contribution in [3.05, 3.63) is 11.6 Å². The minimum absolute atomic E-state index is 0.138. The molecule has 0 N–H and O–H groups in total. The summed E-state index contributed by atoms with van der Waals surface area (Å²) in [7, 11) is 0. The SMILES string of the molecule is CC(C)(C)C1=CCN(C(=O)OCC2CC2)CC1. The van der Waals surface area contributed by atoms with E-state index in [1.54, 1.807) is 4.90 Å². The molecule has 1 saturated carbocycles. The molecule has 0 bridgehead atoms. The van der Waals surface area contributed by atoms with Gasteiger partial charge < -0.3 is 9.64 Å². The molecular weight excluding hydrogens is 214 g/mol. The normalized spacial score (nSPS) is 21.1. The van der Waals surface area contributed by atoms with Crippen LogP contribution in [0.1, 0.15) is 40.0 Å². The molecule has 0 aromatic carbocycles. The Morgan fingerprint density at radius 1 is 1.47 bits per heavy atom. The lowest BCUT2D eigenvalue weighted by atomic mass is 9.83. The second-order valence-corrected chi connectivity index (χ2v) is 6.20. The zero-order valence-corrected chi connectivity index (χ0v) is 11.2. The molecule has 2 aliphatic rings. The molecule has 3 heteroatoms. The van der Waals surface area contributed by atoms with Crippen molar-refractivity contribution in [2.75, 3.05) is 19.7 Å². The molecule has 1 heterocycles. The topological polar surface area (TPSA) is 29.5 Å². The second-order valence-electron chi connectivity index (χ2n) is 6.20. The van der Waals surface area contributed by atoms with Crippen LogP contribution in [0.4, 0.5) is 4.79 Å². The molecule has 0 spiro atoms. The van der Waals surface area contributed by atoms with Crippen LogP contribution in [0.5, 0.6) is 0 Å². The van der Waals surface area contributed by atoms with Gasteiger partial charge in [-0.25, -0.2) is 4.79 Å². The highest BCUT2D eigenvalue weighted by Crippen LogP contribution is 2.31. The fourth-order valence-electron chi connectivity index (χ4n) is 2.08. The van der Waals surface area contributed by atoms with E-state index in [-0.39, 0.29) is 11.5 Å². The van der Waals surface area contributed by atoms with E-state index in [0.717, 1.165) is 13.0 Å². The summed E-state index contributed by atoms with van der Waals surface area (Å²) in [6.45, 7) is 8.79. The van der Waals surface area contributed by atoms with Crippen LogP contribution >= 0.6 is 0 Å². The lowest BCUT2D eigenvalue weighted by molar-refractivity contribution is 0.1000. The molecule has 0 unspecified atom stereocenters. The zero-order chi connectivity index (χ0) is 12.5. The summed E-state index contributed by atoms with van der Waals surface area (Å²) in [5.41, 5.74) is 1.67. The van der Waals surface area contributed by atoms with Gasteiger partial charge in [-0.3, -0.25) is 0 Å². The number of hydrogen-bond acceptors (Lipinski definition) is 2. The number of carbonyl (C=O) groups is 1. The Morgan fingerprint density at radius 2 is 2.18 bits per heavy atom. The average Bonchev–Trinajstić information content (AvgIpc) is 3.09. The van der Waals surface area contributed by atoms with Gasteiger partial charge in [-0.1, -0.05) is 32.4 Å². The van der Waals surface area contributed by atoms with Gasteiger partial charge in [-0.2, -0.15) is 0 Å². The minimum Gasteiger partial charge on any atom is -0.449 e. The van der Waals surface area contributed by atoms with Gasteiger partial charge >= 0.3 is 6.09 Å². The van der Waals surface area contributed by atoms with Crippen molar-refractivity contribution in [1.82, 2.24) is 4.90 Å². The maximum atomic E-state index is 11.8. The van der Waals surface area contributed by atoms with Crippen LogP contribution in [0, 0.1) is 11.3 Å². The summed E-state index contributed by atoms with van der Waals surface area (Å²) in [6.07, 6.45) is 5.47. The summed E-state index contributed by atoms with van der Waals surface area (Å²) < 4.78 is 5.28. The van der Waals surface area contributed by atoms with Gasteiger partial charge in [-0.15, -0.1) is 0 Å². The van der Waals surface area contributed by atoms with E-state index < -0.39 is 0 Å². The van der Waals surface area contributed by atoms with Crippen LogP contribution in [-0.2, 0) is 4.74 Å². The fraction of sp³-hybridized carbons (Fsp3) is 0.786. The van der Waals surface area contributed by atoms with Gasteiger partial charge in [0.1, 0.15) is 0 Å². The molecule has 1 aliphatic heterocycles. The van der Waals surface area contributed by atoms with Crippen LogP contribution in [0.25, 0.3) is 0 Å². The molecule has 1 fully saturated rings. The molecule has 17 heavy (non-hydrogen) atoms. The maximum Gasteiger partial charge on any atom is 0.410 e. The third-order valence-electron chi connectivity index (χ3n) is 3.57. The number of ether oxygens (including phenoxy) is 1. The van der Waals surface area contributed by atoms with Gasteiger partial charge in [0.15, 0.2) is 0 Å². The van der Waals surface area contributed by atoms with Crippen molar-refractivity contribution in [2.45, 2.75) is 40.0 Å². The molecule has 2 rings (SSSR count). The Bertz CT molecular complexity index is 324. The van der Waals surface area contributed by atoms with E-state index in [0.29, 0.717) is 19.1 Å². The standard InChI is InChI=1S/C14H23NO2/c1-14(2,3)12-6-8-15(9-7-12)13(16)17-10-11-4-5-11/h6,11H,4-5,7-10H2,1-3H3. The van der Waals surface area contributed by atoms with Gasteiger partial charge in [0, 0.05) is 13.1 Å². The Kier molecular flexibility index (Phi) is 3.45. The van der Waals surface area contributed by atoms with Crippen molar-refractivity contribution in [3.63, 3.8) is 0 Å². The largest absolute Gasteiger partial charge is 0.449 e. The third-order valence-corrected chi connectivity index (χ3v) is 3.57. The van der Waals surface area contributed by atoms with Gasteiger partial charge in [0.25, 0.3) is 0 Å². The fourth-order valence-corrected chi connectivity index (χ4v) is 2.08. The average molecular weight is 237 g/mol. The molecule has 96 valence electrons. The van der Waals surface area contributed by atoms with Crippen LogP contribution < -0.4 is 0 Å². The van der Waals surface area contributed by atoms with Gasteiger partial charge in [-0.05, 0) is 30.6 Å². The van der Waals surface area contributed by atoms with E-state index in [1.807, 2.05) is 0 Å². The highest BCUT2D eigenvalue weighted by molar-refractivity contribution is 5.68. The number of amides is 1. The molecular formula is C14H23NO2. The van der Waals surface area contributed by atoms with Crippen LogP contribution in [0.15, 0.2) is 11.6 Å². The summed E-state index contributed by atoms with van der Waals surface area (Å²) in [4.78, 5) is 13.6. The van der Waals surface area contributed by atoms with Crippen molar-refractivity contribution >= 4 is 6.09 Å². The lowest BCUT2D eigenvalue weighted by Gasteiger charge is -2.31. The van der Waals surface area contributed by atoms with Crippen molar-refractivity contribution in [2.24, 2.45) is 11.3 Å². The van der Waals surface area contributed by atoms with E-state index in [1.165, 1.54) is 18.4 Å². The predicted molar refractivity (Wildman–Crippen MR) is 67.8 cm³/mol. The Morgan fingerprint density at radius 3 is 2.65 bits per heavy atom. The maximum absolute atomic E-state index is 11.8. The van der Waals surface area contributed by atoms with Crippen molar-refractivity contribution in [1.29, 1.82) is 0 Å². The molecule has 1 amide bonds. The smallest absolute Gasteiger partial charge is 0.410 e. The number of nitrogens with zero attached hydrogens (tertiary/aromatic N) is 1. The summed E-state index contributed by atoms with van der Waals surface area (Å²) in [5, 5.41) is 0. The number of carbonyl (C=O) groups excluding carboxylic acids is 1. The highest BCUT2D eigenvalue weighted by Gasteiger charge is 2.27. The Labute approximate surface area is 104 Å². The van der Waals surface area contributed by atoms with Crippen LogP contribution in [-0.4, -0.2) is 30.7 Å². The quantitative estimate of drug-likeness (QED) is 0.690. The van der Waals surface area contributed by atoms with E-state index in [4.69, 9.17) is 4.74 Å². The third kappa shape index (κ3) is 3.48. The van der Waals surface area contributed by atoms with Gasteiger partial charge in [0.05, 0.1) is 6.61 Å². The molecule has 0 aromatic rings. The first-order valence-corrected chi connectivity index (χ1v) is 6.58. The first-order valence-electron chi connectivity index (χ1n) is 6.58. The first kappa shape index (κ1) is 12.5. The molecule has 0 saturated heterocycles. The van der Waals surface area contributed by atoms with Crippen LogP contribution in [0.3, 0.4) is 0 Å². The monoisotopic (exact) mass is 237 g/mol. The van der Waals surface area contributed by atoms with Crippen molar-refractivity contribution < 1.29 is 9.53 Å². The molecule has 0 atom stereocenters. The zero-order valence-electron chi connectivity index (χ0n) is 11.2. The molecule has 0 aromatic heterocycles. The van der Waals surface area contributed by atoms with E-state index in [2.05, 4.69) is 26.8 Å². The van der Waals surface area contributed by atoms with Gasteiger partial charge in [0.2, 0.25) is 0 Å². The summed E-state index contributed by atoms with van der Waals surface area (Å²) >= 11 is 0. The first-order chi connectivity index (χ1) is 7.97. The number of rotatable bonds is 2. The summed E-state index contributed by atoms with van der Waals surface area (Å²) in [6, 6.07) is 0. The lowest BCUT2D eigenvalue weighted by Crippen LogP contribution is -2.37. The molecule has 3 nitrogen and oxygen atoms in total. The van der Waals surface area contributed by atoms with E-state index >= 15 is 0 Å². The second kappa shape index (κ2) is 4.71. The van der Waals surface area contributed by atoms with E-state index in [9.17, 15) is 4.79 Å².